The highest BCUT2D eigenvalue weighted by atomic mass is 79.9. The lowest BCUT2D eigenvalue weighted by Crippen LogP contribution is -2.07. The summed E-state index contributed by atoms with van der Waals surface area (Å²) >= 11 is 2.67. The summed E-state index contributed by atoms with van der Waals surface area (Å²) in [5, 5.41) is 12.7. The summed E-state index contributed by atoms with van der Waals surface area (Å²) in [7, 11) is 0. The molecule has 0 atom stereocenters. The molecule has 10 heteroatoms. The minimum Gasteiger partial charge on any atom is -0.379 e. The van der Waals surface area contributed by atoms with Crippen LogP contribution in [0.1, 0.15) is 5.82 Å². The molecular formula is C3H2BrF3N4O2. The molecule has 2 N–H and O–H groups in total. The van der Waals surface area contributed by atoms with E-state index in [0.29, 0.717) is 0 Å². The van der Waals surface area contributed by atoms with Crippen LogP contribution in [0.5, 0.6) is 0 Å². The van der Waals surface area contributed by atoms with Crippen molar-refractivity contribution in [3.8, 4) is 0 Å². The molecule has 0 fully saturated rings. The second-order valence-electron chi connectivity index (χ2n) is 1.53. The van der Waals surface area contributed by atoms with Gasteiger partial charge >= 0.3 is 6.18 Å². The van der Waals surface area contributed by atoms with E-state index in [-0.39, 0.29) is 4.73 Å². The predicted molar refractivity (Wildman–Crippen MR) is 36.7 cm³/mol. The minimum atomic E-state index is -4.45. The Hall–Kier alpha value is -1.19. The van der Waals surface area contributed by atoms with Crippen molar-refractivity contribution in [1.29, 1.82) is 0 Å². The van der Waals surface area contributed by atoms with Crippen molar-refractivity contribution in [3.05, 3.63) is 15.5 Å². The molecule has 0 radical (unpaired) electrons. The predicted octanol–water partition coefficient (Wildman–Crippen LogP) is 1.73. The Bertz CT molecular complexity index is 274. The van der Waals surface area contributed by atoms with E-state index < -0.39 is 12.0 Å². The third kappa shape index (κ3) is 4.40. The van der Waals surface area contributed by atoms with Gasteiger partial charge in [0.15, 0.2) is 5.34 Å². The lowest BCUT2D eigenvalue weighted by molar-refractivity contribution is -0.144. The van der Waals surface area contributed by atoms with E-state index in [1.807, 2.05) is 0 Å². The van der Waals surface area contributed by atoms with Crippen LogP contribution in [0, 0.1) is 4.91 Å². The molecule has 0 saturated heterocycles. The fourth-order valence-corrected chi connectivity index (χ4v) is 0.634. The van der Waals surface area contributed by atoms with E-state index in [1.54, 1.807) is 5.10 Å². The van der Waals surface area contributed by atoms with E-state index >= 15 is 0 Å². The summed E-state index contributed by atoms with van der Waals surface area (Å²) in [6, 6.07) is 0. The third-order valence-corrected chi connectivity index (χ3v) is 1.08. The van der Waals surface area contributed by atoms with Crippen molar-refractivity contribution in [2.75, 3.05) is 0 Å². The topological polar surface area (TPSA) is 91.2 Å². The maximum absolute atomic E-state index is 11.6. The zero-order chi connectivity index (χ0) is 10.5. The Balaban J connectivity index is 0.000000424. The van der Waals surface area contributed by atoms with Crippen LogP contribution >= 0.6 is 15.9 Å². The van der Waals surface area contributed by atoms with Gasteiger partial charge in [0.05, 0.1) is 0 Å². The summed E-state index contributed by atoms with van der Waals surface area (Å²) in [5.41, 5.74) is 0. The number of nitrogens with zero attached hydrogens (tertiary/aromatic N) is 3. The molecule has 0 aliphatic heterocycles. The standard InChI is InChI=1S/C3HBrF3N3.HNO2/c4-2-8-1(9-10-2)3(5,6)7;2-1-3/h(H,8,9,10);(H,2,3). The second-order valence-corrected chi connectivity index (χ2v) is 2.24. The van der Waals surface area contributed by atoms with Crippen LogP contribution in [0.25, 0.3) is 0 Å². The van der Waals surface area contributed by atoms with Crippen molar-refractivity contribution in [2.45, 2.75) is 6.18 Å². The van der Waals surface area contributed by atoms with Gasteiger partial charge in [0.25, 0.3) is 0 Å². The average Bonchev–Trinajstić information content (AvgIpc) is 2.35. The van der Waals surface area contributed by atoms with Gasteiger partial charge in [-0.3, -0.25) is 5.10 Å². The number of rotatable bonds is 0. The molecule has 6 nitrogen and oxygen atoms in total. The number of H-pyrrole nitrogens is 1. The van der Waals surface area contributed by atoms with Crippen LogP contribution in [-0.2, 0) is 6.18 Å². The van der Waals surface area contributed by atoms with E-state index in [4.69, 9.17) is 10.1 Å². The molecule has 0 amide bonds. The van der Waals surface area contributed by atoms with E-state index in [1.165, 1.54) is 5.34 Å². The third-order valence-electron chi connectivity index (χ3n) is 0.727. The number of halogens is 4. The van der Waals surface area contributed by atoms with Crippen LogP contribution in [0.15, 0.2) is 10.1 Å². The van der Waals surface area contributed by atoms with Crippen LogP contribution < -0.4 is 0 Å². The van der Waals surface area contributed by atoms with Gasteiger partial charge in [-0.05, 0) is 15.9 Å². The highest BCUT2D eigenvalue weighted by Gasteiger charge is 2.34. The van der Waals surface area contributed by atoms with Gasteiger partial charge in [0.1, 0.15) is 0 Å². The monoisotopic (exact) mass is 262 g/mol. The molecule has 0 aliphatic rings. The maximum Gasteiger partial charge on any atom is 0.451 e. The fourth-order valence-electron chi connectivity index (χ4n) is 0.368. The van der Waals surface area contributed by atoms with Crippen LogP contribution in [0.3, 0.4) is 0 Å². The highest BCUT2D eigenvalue weighted by Crippen LogP contribution is 2.26. The van der Waals surface area contributed by atoms with E-state index in [9.17, 15) is 13.2 Å². The first-order valence-electron chi connectivity index (χ1n) is 2.53. The lowest BCUT2D eigenvalue weighted by Gasteiger charge is -1.97. The van der Waals surface area contributed by atoms with E-state index in [2.05, 4.69) is 26.0 Å². The number of nitrogens with one attached hydrogen (secondary N) is 1. The Morgan fingerprint density at radius 1 is 1.54 bits per heavy atom. The maximum atomic E-state index is 11.6. The normalized spacial score (nSPS) is 10.2. The van der Waals surface area contributed by atoms with E-state index in [0.717, 1.165) is 0 Å². The zero-order valence-electron chi connectivity index (χ0n) is 5.71. The molecule has 0 aliphatic carbocycles. The molecule has 0 saturated carbocycles. The van der Waals surface area contributed by atoms with Gasteiger partial charge in [0, 0.05) is 0 Å². The quantitative estimate of drug-likeness (QED) is 0.550. The molecule has 13 heavy (non-hydrogen) atoms. The average molecular weight is 263 g/mol. The SMILES string of the molecule is FC(F)(F)c1nc(Br)n[nH]1.O=NO. The highest BCUT2D eigenvalue weighted by molar-refractivity contribution is 9.10. The van der Waals surface area contributed by atoms with Crippen molar-refractivity contribution in [1.82, 2.24) is 15.2 Å². The second kappa shape index (κ2) is 4.74. The molecule has 1 heterocycles. The summed E-state index contributed by atoms with van der Waals surface area (Å²) < 4.78 is 34.8. The Morgan fingerprint density at radius 3 is 2.15 bits per heavy atom. The molecule has 1 rings (SSSR count). The number of aromatic nitrogens is 3. The Kier molecular flexibility index (Phi) is 4.31. The molecule has 0 bridgehead atoms. The van der Waals surface area contributed by atoms with Crippen molar-refractivity contribution >= 4 is 15.9 Å². The molecule has 1 aromatic heterocycles. The lowest BCUT2D eigenvalue weighted by atomic mass is 10.6. The first-order chi connectivity index (χ1) is 5.91. The molecule has 74 valence electrons. The van der Waals surface area contributed by atoms with Crippen LogP contribution in [0.4, 0.5) is 13.2 Å². The van der Waals surface area contributed by atoms with Crippen molar-refractivity contribution < 1.29 is 18.4 Å². The Morgan fingerprint density at radius 2 is 2.00 bits per heavy atom. The summed E-state index contributed by atoms with van der Waals surface area (Å²) in [6.45, 7) is 0. The number of aromatic amines is 1. The largest absolute Gasteiger partial charge is 0.451 e. The number of alkyl halides is 3. The van der Waals surface area contributed by atoms with Crippen molar-refractivity contribution in [3.63, 3.8) is 0 Å². The zero-order valence-corrected chi connectivity index (χ0v) is 7.29. The molecule has 0 unspecified atom stereocenters. The molecule has 0 spiro atoms. The number of hydrogen-bond donors (Lipinski definition) is 2. The first kappa shape index (κ1) is 11.8. The smallest absolute Gasteiger partial charge is 0.379 e. The first-order valence-corrected chi connectivity index (χ1v) is 3.33. The summed E-state index contributed by atoms with van der Waals surface area (Å²) in [6.07, 6.45) is -4.45. The Labute approximate surface area is 77.2 Å². The minimum absolute atomic E-state index is 0.0974. The van der Waals surface area contributed by atoms with Gasteiger partial charge in [0.2, 0.25) is 10.6 Å². The van der Waals surface area contributed by atoms with Gasteiger partial charge < -0.3 is 5.21 Å². The molecule has 0 aromatic carbocycles. The summed E-state index contributed by atoms with van der Waals surface area (Å²) in [5.74, 6) is -1.10. The van der Waals surface area contributed by atoms with Crippen molar-refractivity contribution in [2.24, 2.45) is 5.34 Å². The number of hydrogen-bond acceptors (Lipinski definition) is 4. The van der Waals surface area contributed by atoms with Gasteiger partial charge in [-0.15, -0.1) is 10.0 Å². The van der Waals surface area contributed by atoms with Gasteiger partial charge in [-0.1, -0.05) is 0 Å². The molecular weight excluding hydrogens is 261 g/mol. The molecule has 1 aromatic rings. The van der Waals surface area contributed by atoms with Gasteiger partial charge in [-0.25, -0.2) is 0 Å². The summed E-state index contributed by atoms with van der Waals surface area (Å²) in [4.78, 5) is 11.1. The van der Waals surface area contributed by atoms with Gasteiger partial charge in [-0.2, -0.15) is 18.2 Å². The van der Waals surface area contributed by atoms with Crippen LogP contribution in [-0.4, -0.2) is 20.4 Å². The van der Waals surface area contributed by atoms with Crippen LogP contribution in [0.2, 0.25) is 0 Å². The fraction of sp³-hybridized carbons (Fsp3) is 0.333.